The van der Waals surface area contributed by atoms with E-state index in [0.717, 1.165) is 5.56 Å². The molecule has 0 fully saturated rings. The summed E-state index contributed by atoms with van der Waals surface area (Å²) in [6.07, 6.45) is 6.34. The number of rotatable bonds is 8. The highest BCUT2D eigenvalue weighted by Gasteiger charge is 2.22. The highest BCUT2D eigenvalue weighted by molar-refractivity contribution is 5.87. The molecule has 4 heteroatoms. The maximum Gasteiger partial charge on any atom is 0.330 e. The molecule has 0 bridgehead atoms. The van der Waals surface area contributed by atoms with Crippen molar-refractivity contribution in [2.75, 3.05) is 13.2 Å². The van der Waals surface area contributed by atoms with Crippen molar-refractivity contribution in [3.8, 4) is 0 Å². The first kappa shape index (κ1) is 19.7. The number of benzene rings is 1. The Bertz CT molecular complexity index is 578. The molecule has 1 rings (SSSR count). The zero-order valence-electron chi connectivity index (χ0n) is 14.9. The van der Waals surface area contributed by atoms with E-state index >= 15 is 0 Å². The molecule has 1 amide bonds. The minimum atomic E-state index is -0.355. The van der Waals surface area contributed by atoms with Gasteiger partial charge in [0.2, 0.25) is 5.91 Å². The minimum Gasteiger partial charge on any atom is -0.462 e. The Kier molecular flexibility index (Phi) is 8.55. The summed E-state index contributed by atoms with van der Waals surface area (Å²) in [6.45, 7) is 8.37. The fourth-order valence-electron chi connectivity index (χ4n) is 2.39. The van der Waals surface area contributed by atoms with E-state index in [2.05, 4.69) is 0 Å². The van der Waals surface area contributed by atoms with Gasteiger partial charge in [-0.05, 0) is 32.4 Å². The Balaban J connectivity index is 2.79. The van der Waals surface area contributed by atoms with E-state index in [1.165, 1.54) is 6.08 Å². The Morgan fingerprint density at radius 3 is 2.29 bits per heavy atom. The minimum absolute atomic E-state index is 0.0412. The number of nitrogens with zero attached hydrogens (tertiary/aromatic N) is 1. The van der Waals surface area contributed by atoms with Gasteiger partial charge in [0, 0.05) is 18.5 Å². The summed E-state index contributed by atoms with van der Waals surface area (Å²) in [5, 5.41) is 0. The van der Waals surface area contributed by atoms with Crippen LogP contribution in [0.5, 0.6) is 0 Å². The molecular formula is C20H27NO3. The molecule has 1 aromatic rings. The predicted octanol–water partition coefficient (Wildman–Crippen LogP) is 3.91. The molecule has 0 saturated heterocycles. The second-order valence-electron chi connectivity index (χ2n) is 5.81. The van der Waals surface area contributed by atoms with Crippen molar-refractivity contribution in [2.24, 2.45) is 5.92 Å². The molecule has 1 aromatic carbocycles. The number of hydrogen-bond acceptors (Lipinski definition) is 3. The van der Waals surface area contributed by atoms with Gasteiger partial charge in [-0.15, -0.1) is 0 Å². The number of ether oxygens (including phenoxy) is 1. The first-order chi connectivity index (χ1) is 11.5. The van der Waals surface area contributed by atoms with Crippen LogP contribution in [0.2, 0.25) is 0 Å². The van der Waals surface area contributed by atoms with Crippen LogP contribution in [0, 0.1) is 5.92 Å². The average Bonchev–Trinajstić information content (AvgIpc) is 2.58. The maximum absolute atomic E-state index is 12.5. The fourth-order valence-corrected chi connectivity index (χ4v) is 2.39. The lowest BCUT2D eigenvalue weighted by Crippen LogP contribution is -2.37. The van der Waals surface area contributed by atoms with Crippen LogP contribution >= 0.6 is 0 Å². The topological polar surface area (TPSA) is 46.6 Å². The lowest BCUT2D eigenvalue weighted by atomic mass is 10.0. The summed E-state index contributed by atoms with van der Waals surface area (Å²) in [5.74, 6) is -0.355. The molecule has 130 valence electrons. The van der Waals surface area contributed by atoms with Gasteiger partial charge in [0.15, 0.2) is 0 Å². The Hall–Kier alpha value is -2.36. The van der Waals surface area contributed by atoms with Gasteiger partial charge in [-0.2, -0.15) is 0 Å². The zero-order chi connectivity index (χ0) is 17.9. The molecule has 0 unspecified atom stereocenters. The van der Waals surface area contributed by atoms with Crippen molar-refractivity contribution in [2.45, 2.75) is 33.7 Å². The van der Waals surface area contributed by atoms with Crippen LogP contribution in [0.25, 0.3) is 0 Å². The second kappa shape index (κ2) is 10.4. The van der Waals surface area contributed by atoms with Gasteiger partial charge in [-0.3, -0.25) is 4.79 Å². The van der Waals surface area contributed by atoms with E-state index in [1.54, 1.807) is 25.2 Å². The lowest BCUT2D eigenvalue weighted by Gasteiger charge is -2.31. The van der Waals surface area contributed by atoms with E-state index < -0.39 is 0 Å². The van der Waals surface area contributed by atoms with Crippen molar-refractivity contribution in [3.05, 3.63) is 60.2 Å². The van der Waals surface area contributed by atoms with Gasteiger partial charge in [-0.1, -0.05) is 49.4 Å². The van der Waals surface area contributed by atoms with Gasteiger partial charge in [0.1, 0.15) is 0 Å². The summed E-state index contributed by atoms with van der Waals surface area (Å²) < 4.78 is 5.19. The molecular weight excluding hydrogens is 302 g/mol. The number of allylic oxidation sites excluding steroid dienone is 2. The Morgan fingerprint density at radius 2 is 1.71 bits per heavy atom. The van der Waals surface area contributed by atoms with Crippen molar-refractivity contribution in [1.29, 1.82) is 0 Å². The molecule has 0 aliphatic rings. The fraction of sp³-hybridized carbons (Fsp3) is 0.400. The first-order valence-corrected chi connectivity index (χ1v) is 8.27. The Labute approximate surface area is 144 Å². The number of carbonyl (C=O) groups is 2. The molecule has 0 spiro atoms. The van der Waals surface area contributed by atoms with Crippen LogP contribution < -0.4 is 0 Å². The SMILES string of the molecule is C/C=C/C(=O)OC[C@@H](C)CN(C(=O)/C=C/C)[C@@H](C)c1ccccc1. The molecule has 2 atom stereocenters. The first-order valence-electron chi connectivity index (χ1n) is 8.27. The van der Waals surface area contributed by atoms with E-state index in [4.69, 9.17) is 4.74 Å². The highest BCUT2D eigenvalue weighted by atomic mass is 16.5. The van der Waals surface area contributed by atoms with Crippen molar-refractivity contribution in [3.63, 3.8) is 0 Å². The molecule has 4 nitrogen and oxygen atoms in total. The van der Waals surface area contributed by atoms with Crippen LogP contribution in [-0.2, 0) is 14.3 Å². The van der Waals surface area contributed by atoms with Crippen LogP contribution in [-0.4, -0.2) is 29.9 Å². The van der Waals surface area contributed by atoms with E-state index in [1.807, 2.05) is 56.0 Å². The van der Waals surface area contributed by atoms with Gasteiger partial charge in [-0.25, -0.2) is 4.79 Å². The van der Waals surface area contributed by atoms with Gasteiger partial charge in [0.25, 0.3) is 0 Å². The van der Waals surface area contributed by atoms with Crippen molar-refractivity contribution < 1.29 is 14.3 Å². The zero-order valence-corrected chi connectivity index (χ0v) is 14.9. The molecule has 0 radical (unpaired) electrons. The second-order valence-corrected chi connectivity index (χ2v) is 5.81. The molecule has 0 aromatic heterocycles. The molecule has 24 heavy (non-hydrogen) atoms. The smallest absolute Gasteiger partial charge is 0.330 e. The summed E-state index contributed by atoms with van der Waals surface area (Å²) in [6, 6.07) is 9.86. The normalized spacial score (nSPS) is 13.8. The van der Waals surface area contributed by atoms with Crippen LogP contribution in [0.4, 0.5) is 0 Å². The third kappa shape index (κ3) is 6.41. The third-order valence-electron chi connectivity index (χ3n) is 3.66. The average molecular weight is 329 g/mol. The molecule has 0 aliphatic heterocycles. The third-order valence-corrected chi connectivity index (χ3v) is 3.66. The lowest BCUT2D eigenvalue weighted by molar-refractivity contribution is -0.139. The molecule has 0 aliphatic carbocycles. The summed E-state index contributed by atoms with van der Waals surface area (Å²) in [4.78, 5) is 25.7. The highest BCUT2D eigenvalue weighted by Crippen LogP contribution is 2.21. The van der Waals surface area contributed by atoms with Crippen LogP contribution in [0.15, 0.2) is 54.6 Å². The largest absolute Gasteiger partial charge is 0.462 e. The number of hydrogen-bond donors (Lipinski definition) is 0. The predicted molar refractivity (Wildman–Crippen MR) is 96.3 cm³/mol. The number of amides is 1. The molecule has 0 heterocycles. The standard InChI is InChI=1S/C20H27NO3/c1-5-10-19(22)21(17(4)18-12-8-7-9-13-18)14-16(3)15-24-20(23)11-6-2/h5-13,16-17H,14-15H2,1-4H3/b10-5+,11-6+/t16-,17-/m0/s1. The maximum atomic E-state index is 12.5. The van der Waals surface area contributed by atoms with E-state index in [-0.39, 0.29) is 30.4 Å². The van der Waals surface area contributed by atoms with Gasteiger partial charge < -0.3 is 9.64 Å². The summed E-state index contributed by atoms with van der Waals surface area (Å²) in [5.41, 5.74) is 1.08. The van der Waals surface area contributed by atoms with E-state index in [9.17, 15) is 9.59 Å². The van der Waals surface area contributed by atoms with E-state index in [0.29, 0.717) is 6.54 Å². The van der Waals surface area contributed by atoms with Crippen molar-refractivity contribution in [1.82, 2.24) is 4.90 Å². The molecule has 0 saturated carbocycles. The Morgan fingerprint density at radius 1 is 1.08 bits per heavy atom. The molecule has 0 N–H and O–H groups in total. The van der Waals surface area contributed by atoms with Crippen molar-refractivity contribution >= 4 is 11.9 Å². The monoisotopic (exact) mass is 329 g/mol. The number of carbonyl (C=O) groups excluding carboxylic acids is 2. The summed E-state index contributed by atoms with van der Waals surface area (Å²) >= 11 is 0. The quantitative estimate of drug-likeness (QED) is 0.537. The summed E-state index contributed by atoms with van der Waals surface area (Å²) in [7, 11) is 0. The van der Waals surface area contributed by atoms with Crippen LogP contribution in [0.3, 0.4) is 0 Å². The van der Waals surface area contributed by atoms with Gasteiger partial charge in [0.05, 0.1) is 12.6 Å². The van der Waals surface area contributed by atoms with Gasteiger partial charge >= 0.3 is 5.97 Å². The van der Waals surface area contributed by atoms with Crippen LogP contribution in [0.1, 0.15) is 39.3 Å². The number of esters is 1.